The van der Waals surface area contributed by atoms with Crippen LogP contribution in [0, 0.1) is 0 Å². The smallest absolute Gasteiger partial charge is 0.256 e. The molecular weight excluding hydrogens is 296 g/mol. The van der Waals surface area contributed by atoms with E-state index >= 15 is 0 Å². The third-order valence-electron chi connectivity index (χ3n) is 3.22. The summed E-state index contributed by atoms with van der Waals surface area (Å²) in [5.41, 5.74) is 6.05. The van der Waals surface area contributed by atoms with Gasteiger partial charge in [-0.2, -0.15) is 0 Å². The molecule has 0 aromatic heterocycles. The van der Waals surface area contributed by atoms with E-state index in [9.17, 15) is 9.90 Å². The van der Waals surface area contributed by atoms with Crippen molar-refractivity contribution in [3.05, 3.63) is 28.2 Å². The number of nitrogens with zero attached hydrogens (tertiary/aromatic N) is 1. The van der Waals surface area contributed by atoms with E-state index in [0.717, 1.165) is 17.3 Å². The maximum Gasteiger partial charge on any atom is 0.256 e. The van der Waals surface area contributed by atoms with Gasteiger partial charge in [-0.1, -0.05) is 29.3 Å². The summed E-state index contributed by atoms with van der Waals surface area (Å²) < 4.78 is 0.824. The molecule has 18 heavy (non-hydrogen) atoms. The predicted molar refractivity (Wildman–Crippen MR) is 74.3 cm³/mol. The second kappa shape index (κ2) is 4.90. The number of halogens is 1. The van der Waals surface area contributed by atoms with Gasteiger partial charge in [-0.3, -0.25) is 4.79 Å². The lowest BCUT2D eigenvalue weighted by Gasteiger charge is -2.46. The zero-order valence-corrected chi connectivity index (χ0v) is 11.9. The van der Waals surface area contributed by atoms with Gasteiger partial charge in [-0.25, -0.2) is 0 Å². The van der Waals surface area contributed by atoms with Crippen LogP contribution >= 0.6 is 15.9 Å². The Labute approximate surface area is 115 Å². The Bertz CT molecular complexity index is 470. The highest BCUT2D eigenvalue weighted by Gasteiger charge is 2.43. The fourth-order valence-electron chi connectivity index (χ4n) is 2.32. The molecule has 1 heterocycles. The number of β-amino-alcohol motifs (C(OH)–C–C–N with tert-alkyl or cyclic N) is 1. The first-order chi connectivity index (χ1) is 8.45. The molecule has 1 aromatic rings. The minimum absolute atomic E-state index is 0.116. The number of hydrogen-bond acceptors (Lipinski definition) is 3. The SMILES string of the molecule is CCCC1(O)CN(C(=O)c2cc(Br)ccc2N)C1. The summed E-state index contributed by atoms with van der Waals surface area (Å²) in [4.78, 5) is 13.8. The molecule has 4 nitrogen and oxygen atoms in total. The number of aliphatic hydroxyl groups is 1. The van der Waals surface area contributed by atoms with Crippen LogP contribution in [0.2, 0.25) is 0 Å². The zero-order chi connectivity index (χ0) is 13.3. The molecule has 0 atom stereocenters. The highest BCUT2D eigenvalue weighted by molar-refractivity contribution is 9.10. The molecule has 0 radical (unpaired) electrons. The van der Waals surface area contributed by atoms with Crippen molar-refractivity contribution in [1.29, 1.82) is 0 Å². The first-order valence-corrected chi connectivity index (χ1v) is 6.81. The predicted octanol–water partition coefficient (Wildman–Crippen LogP) is 2.02. The normalized spacial score (nSPS) is 17.4. The van der Waals surface area contributed by atoms with Crippen LogP contribution < -0.4 is 5.73 Å². The number of rotatable bonds is 3. The molecule has 2 rings (SSSR count). The van der Waals surface area contributed by atoms with Crippen molar-refractivity contribution < 1.29 is 9.90 Å². The van der Waals surface area contributed by atoms with Gasteiger partial charge in [0.05, 0.1) is 24.3 Å². The van der Waals surface area contributed by atoms with Crippen molar-refractivity contribution in [2.75, 3.05) is 18.8 Å². The molecule has 5 heteroatoms. The minimum atomic E-state index is -0.703. The summed E-state index contributed by atoms with van der Waals surface area (Å²) in [6, 6.07) is 5.22. The highest BCUT2D eigenvalue weighted by Crippen LogP contribution is 2.29. The molecule has 0 spiro atoms. The standard InChI is InChI=1S/C13H17BrN2O2/c1-2-5-13(18)7-16(8-13)12(17)10-6-9(14)3-4-11(10)15/h3-4,6,18H,2,5,7-8,15H2,1H3. The number of amides is 1. The number of nitrogen functional groups attached to an aromatic ring is 1. The molecule has 1 aliphatic rings. The molecule has 1 amide bonds. The Hall–Kier alpha value is -1.07. The monoisotopic (exact) mass is 312 g/mol. The van der Waals surface area contributed by atoms with E-state index in [0.29, 0.717) is 24.3 Å². The second-order valence-electron chi connectivity index (χ2n) is 4.87. The fraction of sp³-hybridized carbons (Fsp3) is 0.462. The molecule has 98 valence electrons. The van der Waals surface area contributed by atoms with Crippen molar-refractivity contribution in [2.24, 2.45) is 0 Å². The lowest BCUT2D eigenvalue weighted by atomic mass is 9.88. The van der Waals surface area contributed by atoms with E-state index in [1.807, 2.05) is 6.92 Å². The van der Waals surface area contributed by atoms with Gasteiger partial charge in [0.15, 0.2) is 0 Å². The van der Waals surface area contributed by atoms with Gasteiger partial charge in [0.25, 0.3) is 5.91 Å². The Morgan fingerprint density at radius 1 is 1.56 bits per heavy atom. The third kappa shape index (κ3) is 2.52. The van der Waals surface area contributed by atoms with Crippen molar-refractivity contribution in [3.8, 4) is 0 Å². The maximum absolute atomic E-state index is 12.2. The number of carbonyl (C=O) groups excluding carboxylic acids is 1. The molecule has 1 aliphatic heterocycles. The van der Waals surface area contributed by atoms with E-state index in [1.165, 1.54) is 0 Å². The Morgan fingerprint density at radius 2 is 2.22 bits per heavy atom. The third-order valence-corrected chi connectivity index (χ3v) is 3.71. The fourth-order valence-corrected chi connectivity index (χ4v) is 2.68. The molecule has 1 aromatic carbocycles. The summed E-state index contributed by atoms with van der Waals surface area (Å²) in [5, 5.41) is 10.1. The quantitative estimate of drug-likeness (QED) is 0.839. The van der Waals surface area contributed by atoms with Crippen LogP contribution in [0.3, 0.4) is 0 Å². The van der Waals surface area contributed by atoms with Gasteiger partial charge in [-0.15, -0.1) is 0 Å². The second-order valence-corrected chi connectivity index (χ2v) is 5.78. The lowest BCUT2D eigenvalue weighted by molar-refractivity contribution is -0.0859. The van der Waals surface area contributed by atoms with E-state index in [2.05, 4.69) is 15.9 Å². The lowest BCUT2D eigenvalue weighted by Crippen LogP contribution is -2.63. The largest absolute Gasteiger partial charge is 0.398 e. The van der Waals surface area contributed by atoms with Gasteiger partial charge in [0, 0.05) is 10.2 Å². The van der Waals surface area contributed by atoms with E-state index in [-0.39, 0.29) is 5.91 Å². The first-order valence-electron chi connectivity index (χ1n) is 6.02. The number of benzene rings is 1. The summed E-state index contributed by atoms with van der Waals surface area (Å²) in [6.07, 6.45) is 1.64. The van der Waals surface area contributed by atoms with Gasteiger partial charge in [-0.05, 0) is 24.6 Å². The Kier molecular flexibility index (Phi) is 3.64. The first kappa shape index (κ1) is 13.4. The van der Waals surface area contributed by atoms with E-state index in [1.54, 1.807) is 23.1 Å². The molecule has 1 saturated heterocycles. The van der Waals surface area contributed by atoms with Crippen LogP contribution in [-0.4, -0.2) is 34.6 Å². The van der Waals surface area contributed by atoms with Crippen molar-refractivity contribution in [3.63, 3.8) is 0 Å². The Morgan fingerprint density at radius 3 is 2.83 bits per heavy atom. The summed E-state index contributed by atoms with van der Waals surface area (Å²) in [7, 11) is 0. The van der Waals surface area contributed by atoms with Crippen LogP contribution in [0.1, 0.15) is 30.1 Å². The summed E-state index contributed by atoms with van der Waals surface area (Å²) in [6.45, 7) is 2.81. The van der Waals surface area contributed by atoms with Gasteiger partial charge in [0.1, 0.15) is 0 Å². The number of likely N-dealkylation sites (tertiary alicyclic amines) is 1. The van der Waals surface area contributed by atoms with E-state index in [4.69, 9.17) is 5.73 Å². The average Bonchev–Trinajstić information content (AvgIpc) is 2.28. The molecule has 0 aliphatic carbocycles. The topological polar surface area (TPSA) is 66.6 Å². The van der Waals surface area contributed by atoms with Crippen LogP contribution in [-0.2, 0) is 0 Å². The molecule has 3 N–H and O–H groups in total. The number of anilines is 1. The molecule has 0 bridgehead atoms. The maximum atomic E-state index is 12.2. The molecule has 0 saturated carbocycles. The zero-order valence-electron chi connectivity index (χ0n) is 10.3. The van der Waals surface area contributed by atoms with Gasteiger partial charge < -0.3 is 15.7 Å². The minimum Gasteiger partial charge on any atom is -0.398 e. The average molecular weight is 313 g/mol. The number of carbonyl (C=O) groups is 1. The number of nitrogens with two attached hydrogens (primary N) is 1. The van der Waals surface area contributed by atoms with Crippen molar-refractivity contribution >= 4 is 27.5 Å². The van der Waals surface area contributed by atoms with Crippen LogP contribution in [0.15, 0.2) is 22.7 Å². The van der Waals surface area contributed by atoms with Crippen molar-refractivity contribution in [2.45, 2.75) is 25.4 Å². The number of hydrogen-bond donors (Lipinski definition) is 2. The van der Waals surface area contributed by atoms with Crippen LogP contribution in [0.25, 0.3) is 0 Å². The van der Waals surface area contributed by atoms with Crippen LogP contribution in [0.4, 0.5) is 5.69 Å². The highest BCUT2D eigenvalue weighted by atomic mass is 79.9. The van der Waals surface area contributed by atoms with Gasteiger partial charge >= 0.3 is 0 Å². The molecule has 0 unspecified atom stereocenters. The summed E-state index contributed by atoms with van der Waals surface area (Å²) in [5.74, 6) is -0.116. The van der Waals surface area contributed by atoms with Gasteiger partial charge in [0.2, 0.25) is 0 Å². The summed E-state index contributed by atoms with van der Waals surface area (Å²) >= 11 is 3.33. The van der Waals surface area contributed by atoms with Crippen LogP contribution in [0.5, 0.6) is 0 Å². The molecular formula is C13H17BrN2O2. The molecule has 1 fully saturated rings. The van der Waals surface area contributed by atoms with E-state index < -0.39 is 5.60 Å². The Balaban J connectivity index is 2.08. The van der Waals surface area contributed by atoms with Crippen molar-refractivity contribution in [1.82, 2.24) is 4.90 Å².